The van der Waals surface area contributed by atoms with Crippen molar-refractivity contribution in [1.29, 1.82) is 0 Å². The van der Waals surface area contributed by atoms with Crippen molar-refractivity contribution in [3.63, 3.8) is 0 Å². The second kappa shape index (κ2) is 14.5. The van der Waals surface area contributed by atoms with Crippen LogP contribution in [-0.4, -0.2) is 89.0 Å². The maximum atomic E-state index is 14.7. The van der Waals surface area contributed by atoms with Gasteiger partial charge in [0.05, 0.1) is 18.3 Å². The van der Waals surface area contributed by atoms with Crippen molar-refractivity contribution in [2.24, 2.45) is 10.6 Å². The number of oxime groups is 1. The predicted molar refractivity (Wildman–Crippen MR) is 187 cm³/mol. The number of para-hydroxylation sites is 2. The molecule has 1 spiro atoms. The molecule has 0 bridgehead atoms. The van der Waals surface area contributed by atoms with E-state index in [2.05, 4.69) is 21.1 Å². The molecule has 3 heterocycles. The van der Waals surface area contributed by atoms with Gasteiger partial charge < -0.3 is 35.2 Å². The average Bonchev–Trinajstić information content (AvgIpc) is 3.69. The number of carbonyl (C=O) groups is 5. The number of nitrogens with zero attached hydrogens (tertiary/aromatic N) is 2. The van der Waals surface area contributed by atoms with Gasteiger partial charge >= 0.3 is 0 Å². The van der Waals surface area contributed by atoms with Gasteiger partial charge in [-0.1, -0.05) is 75.1 Å². The Kier molecular flexibility index (Phi) is 10.3. The Morgan fingerprint density at radius 3 is 2.45 bits per heavy atom. The van der Waals surface area contributed by atoms with Gasteiger partial charge in [0.1, 0.15) is 18.7 Å². The lowest BCUT2D eigenvalue weighted by Gasteiger charge is -2.36. The number of hydrogen-bond donors (Lipinski definition) is 3. The molecule has 0 radical (unpaired) electrons. The third kappa shape index (κ3) is 8.14. The molecule has 6 rings (SSSR count). The van der Waals surface area contributed by atoms with Crippen molar-refractivity contribution >= 4 is 46.7 Å². The Hall–Kier alpha value is -4.65. The fourth-order valence-electron chi connectivity index (χ4n) is 6.62. The normalized spacial score (nSPS) is 23.5. The number of nitrogens with one attached hydrogen (secondary N) is 3. The third-order valence-electron chi connectivity index (χ3n) is 9.53. The number of carbonyl (C=O) groups excluding carboxylic acids is 5. The van der Waals surface area contributed by atoms with Gasteiger partial charge in [-0.2, -0.15) is 0 Å². The van der Waals surface area contributed by atoms with Gasteiger partial charge in [0.25, 0.3) is 11.8 Å². The summed E-state index contributed by atoms with van der Waals surface area (Å²) in [6, 6.07) is 10.9. The minimum Gasteiger partial charge on any atom is -0.485 e. The largest absolute Gasteiger partial charge is 0.485 e. The van der Waals surface area contributed by atoms with Crippen LogP contribution in [0.3, 0.4) is 0 Å². The first-order chi connectivity index (χ1) is 24.3. The summed E-state index contributed by atoms with van der Waals surface area (Å²) in [4.78, 5) is 75.8. The molecule has 14 heteroatoms. The molecule has 3 N–H and O–H groups in total. The van der Waals surface area contributed by atoms with E-state index in [-0.39, 0.29) is 38.5 Å². The van der Waals surface area contributed by atoms with Gasteiger partial charge in [0.15, 0.2) is 17.1 Å². The van der Waals surface area contributed by atoms with E-state index < -0.39 is 64.7 Å². The highest BCUT2D eigenvalue weighted by Crippen LogP contribution is 2.40. The zero-order chi connectivity index (χ0) is 36.5. The first-order valence-electron chi connectivity index (χ1n) is 17.4. The number of hydrogen-bond acceptors (Lipinski definition) is 9. The molecule has 4 amide bonds. The van der Waals surface area contributed by atoms with E-state index in [0.29, 0.717) is 28.7 Å². The molecule has 2 fully saturated rings. The zero-order valence-corrected chi connectivity index (χ0v) is 30.0. The summed E-state index contributed by atoms with van der Waals surface area (Å²) in [6.45, 7) is 7.21. The maximum Gasteiger partial charge on any atom is 0.289 e. The van der Waals surface area contributed by atoms with Crippen molar-refractivity contribution in [2.75, 3.05) is 13.2 Å². The van der Waals surface area contributed by atoms with E-state index in [1.807, 2.05) is 33.8 Å². The van der Waals surface area contributed by atoms with Gasteiger partial charge in [-0.25, -0.2) is 0 Å². The van der Waals surface area contributed by atoms with Crippen LogP contribution in [0, 0.1) is 5.41 Å². The van der Waals surface area contributed by atoms with Crippen molar-refractivity contribution < 1.29 is 38.3 Å². The molecule has 2 aromatic rings. The van der Waals surface area contributed by atoms with Gasteiger partial charge in [-0.3, -0.25) is 24.0 Å². The number of Topliss-reactive ketones (excluding diaryl/α,β-unsaturated/α-hetero) is 1. The standard InChI is InChI=1S/C37H44ClN5O8/c1-5-9-24(30(44)34(47)39-23-14-15-23)40-32(45)26-18-37(17-25(42-51-37)21-10-8-11-22(38)16-21)20-43(26)35(48)31(36(2,3)4)41-33(46)29-19-49-27-12-6-7-13-28(27)50-29/h6-8,10-13,16,23-24,26,29,31H,5,9,14-15,17-20H2,1-4H3,(H,39,47)(H,40,45)(H,41,46)/t24-,26-,29+,31+,37+/m0/s1. The fourth-order valence-corrected chi connectivity index (χ4v) is 6.81. The number of rotatable bonds is 11. The highest BCUT2D eigenvalue weighted by atomic mass is 35.5. The van der Waals surface area contributed by atoms with Crippen LogP contribution in [-0.2, 0) is 28.8 Å². The summed E-state index contributed by atoms with van der Waals surface area (Å²) >= 11 is 6.25. The van der Waals surface area contributed by atoms with Gasteiger partial charge in [0, 0.05) is 29.5 Å². The monoisotopic (exact) mass is 721 g/mol. The number of likely N-dealkylation sites (tertiary alicyclic amines) is 1. The van der Waals surface area contributed by atoms with Crippen LogP contribution in [0.15, 0.2) is 53.7 Å². The van der Waals surface area contributed by atoms with Crippen LogP contribution in [0.4, 0.5) is 0 Å². The van der Waals surface area contributed by atoms with Crippen LogP contribution >= 0.6 is 11.6 Å². The van der Waals surface area contributed by atoms with Crippen LogP contribution in [0.5, 0.6) is 11.5 Å². The van der Waals surface area contributed by atoms with Crippen LogP contribution in [0.2, 0.25) is 5.02 Å². The first-order valence-corrected chi connectivity index (χ1v) is 17.8. The highest BCUT2D eigenvalue weighted by Gasteiger charge is 2.56. The van der Waals surface area contributed by atoms with Crippen molar-refractivity contribution in [2.45, 2.75) is 102 Å². The van der Waals surface area contributed by atoms with E-state index in [1.54, 1.807) is 42.5 Å². The Balaban J connectivity index is 1.25. The predicted octanol–water partition coefficient (Wildman–Crippen LogP) is 3.31. The lowest BCUT2D eigenvalue weighted by atomic mass is 9.85. The zero-order valence-electron chi connectivity index (χ0n) is 29.2. The van der Waals surface area contributed by atoms with Gasteiger partial charge in [-0.05, 0) is 48.9 Å². The Morgan fingerprint density at radius 1 is 1.02 bits per heavy atom. The van der Waals surface area contributed by atoms with Crippen molar-refractivity contribution in [3.05, 3.63) is 59.1 Å². The van der Waals surface area contributed by atoms with Crippen LogP contribution < -0.4 is 25.4 Å². The lowest BCUT2D eigenvalue weighted by Crippen LogP contribution is -2.60. The summed E-state index contributed by atoms with van der Waals surface area (Å²) in [6.07, 6.45) is 1.70. The van der Waals surface area contributed by atoms with E-state index in [9.17, 15) is 24.0 Å². The van der Waals surface area contributed by atoms with Gasteiger partial charge in [0.2, 0.25) is 23.7 Å². The number of benzene rings is 2. The SMILES string of the molecule is CCC[C@H](NC(=O)[C@@H]1C[C@]2(CC(c3cccc(Cl)c3)=NO2)CN1C(=O)[C@@H](NC(=O)[C@H]1COc2ccccc2O1)C(C)(C)C)C(=O)C(=O)NC1CC1. The molecule has 0 unspecified atom stereocenters. The number of ether oxygens (including phenoxy) is 2. The van der Waals surface area contributed by atoms with E-state index in [1.165, 1.54) is 4.90 Å². The number of fused-ring (bicyclic) bond motifs is 1. The Labute approximate surface area is 301 Å². The first kappa shape index (κ1) is 36.2. The molecular formula is C37H44ClN5O8. The Bertz CT molecular complexity index is 1740. The molecule has 3 aliphatic heterocycles. The maximum absolute atomic E-state index is 14.7. The molecule has 4 aliphatic rings. The fraction of sp³-hybridized carbons (Fsp3) is 0.514. The van der Waals surface area contributed by atoms with Crippen LogP contribution in [0.1, 0.15) is 71.8 Å². The highest BCUT2D eigenvalue weighted by molar-refractivity contribution is 6.38. The number of amides is 4. The van der Waals surface area contributed by atoms with E-state index >= 15 is 0 Å². The number of ketones is 1. The molecule has 272 valence electrons. The molecule has 1 saturated carbocycles. The summed E-state index contributed by atoms with van der Waals surface area (Å²) in [5, 5.41) is 13.2. The molecule has 1 aliphatic carbocycles. The lowest BCUT2D eigenvalue weighted by molar-refractivity contribution is -0.146. The Morgan fingerprint density at radius 2 is 1.76 bits per heavy atom. The molecule has 1 saturated heterocycles. The molecule has 2 aromatic carbocycles. The summed E-state index contributed by atoms with van der Waals surface area (Å²) in [7, 11) is 0. The molecule has 51 heavy (non-hydrogen) atoms. The van der Waals surface area contributed by atoms with Crippen molar-refractivity contribution in [1.82, 2.24) is 20.9 Å². The number of halogens is 1. The van der Waals surface area contributed by atoms with Crippen LogP contribution in [0.25, 0.3) is 0 Å². The molecule has 5 atom stereocenters. The molecule has 13 nitrogen and oxygen atoms in total. The summed E-state index contributed by atoms with van der Waals surface area (Å²) in [5.41, 5.74) is -0.523. The summed E-state index contributed by atoms with van der Waals surface area (Å²) < 4.78 is 11.7. The smallest absolute Gasteiger partial charge is 0.289 e. The molecule has 0 aromatic heterocycles. The average molecular weight is 722 g/mol. The summed E-state index contributed by atoms with van der Waals surface area (Å²) in [5.74, 6) is -2.22. The second-order valence-corrected chi connectivity index (χ2v) is 15.3. The van der Waals surface area contributed by atoms with Gasteiger partial charge in [-0.15, -0.1) is 0 Å². The topological polar surface area (TPSA) is 165 Å². The van der Waals surface area contributed by atoms with E-state index in [0.717, 1.165) is 18.4 Å². The second-order valence-electron chi connectivity index (χ2n) is 14.8. The third-order valence-corrected chi connectivity index (χ3v) is 9.77. The minimum atomic E-state index is -1.10. The minimum absolute atomic E-state index is 0.0229. The van der Waals surface area contributed by atoms with E-state index in [4.69, 9.17) is 25.9 Å². The quantitative estimate of drug-likeness (QED) is 0.298. The molecular weight excluding hydrogens is 678 g/mol. The van der Waals surface area contributed by atoms with Crippen molar-refractivity contribution in [3.8, 4) is 11.5 Å².